The fraction of sp³-hybridized carbons (Fsp3) is 0.304. The van der Waals surface area contributed by atoms with E-state index in [1.54, 1.807) is 62.4 Å². The van der Waals surface area contributed by atoms with E-state index in [9.17, 15) is 14.4 Å². The van der Waals surface area contributed by atoms with Crippen molar-refractivity contribution >= 4 is 40.7 Å². The van der Waals surface area contributed by atoms with E-state index in [4.69, 9.17) is 21.7 Å². The van der Waals surface area contributed by atoms with Gasteiger partial charge in [0.25, 0.3) is 11.8 Å². The van der Waals surface area contributed by atoms with Crippen molar-refractivity contribution in [2.24, 2.45) is 5.92 Å². The van der Waals surface area contributed by atoms with Crippen LogP contribution in [-0.4, -0.2) is 42.7 Å². The molecule has 0 aliphatic heterocycles. The molecular formula is C23H28N4O5S. The highest BCUT2D eigenvalue weighted by atomic mass is 32.1. The summed E-state index contributed by atoms with van der Waals surface area (Å²) in [6, 6.07) is 13.1. The normalized spacial score (nSPS) is 10.3. The molecule has 0 bridgehead atoms. The highest BCUT2D eigenvalue weighted by Crippen LogP contribution is 2.17. The minimum Gasteiger partial charge on any atom is -0.490 e. The number of nitrogens with one attached hydrogen (secondary N) is 4. The van der Waals surface area contributed by atoms with E-state index in [1.807, 2.05) is 6.92 Å². The number of carbonyl (C=O) groups is 3. The molecule has 0 aliphatic carbocycles. The van der Waals surface area contributed by atoms with Crippen molar-refractivity contribution in [3.05, 3.63) is 59.7 Å². The molecule has 33 heavy (non-hydrogen) atoms. The van der Waals surface area contributed by atoms with Gasteiger partial charge in [0.05, 0.1) is 12.2 Å². The van der Waals surface area contributed by atoms with Crippen LogP contribution in [0.3, 0.4) is 0 Å². The Hall–Kier alpha value is -3.50. The summed E-state index contributed by atoms with van der Waals surface area (Å²) in [5.41, 5.74) is 6.13. The van der Waals surface area contributed by atoms with E-state index in [-0.39, 0.29) is 16.9 Å². The first-order chi connectivity index (χ1) is 15.8. The van der Waals surface area contributed by atoms with Gasteiger partial charge in [0, 0.05) is 23.8 Å². The van der Waals surface area contributed by atoms with E-state index in [0.29, 0.717) is 42.4 Å². The van der Waals surface area contributed by atoms with Gasteiger partial charge in [-0.05, 0) is 55.5 Å². The van der Waals surface area contributed by atoms with Crippen LogP contribution in [0, 0.1) is 5.92 Å². The molecule has 2 aromatic rings. The number of benzene rings is 2. The maximum Gasteiger partial charge on any atom is 0.269 e. The van der Waals surface area contributed by atoms with Crippen LogP contribution < -0.4 is 26.2 Å². The summed E-state index contributed by atoms with van der Waals surface area (Å²) in [5.74, 6) is -0.823. The zero-order valence-corrected chi connectivity index (χ0v) is 19.6. The summed E-state index contributed by atoms with van der Waals surface area (Å²) >= 11 is 5.09. The van der Waals surface area contributed by atoms with Crippen LogP contribution >= 0.6 is 12.2 Å². The first kappa shape index (κ1) is 25.8. The molecule has 0 unspecified atom stereocenters. The van der Waals surface area contributed by atoms with Gasteiger partial charge in [-0.15, -0.1) is 0 Å². The number of para-hydroxylation sites is 1. The Kier molecular flexibility index (Phi) is 10.3. The Labute approximate surface area is 198 Å². The fourth-order valence-electron chi connectivity index (χ4n) is 2.51. The predicted octanol–water partition coefficient (Wildman–Crippen LogP) is 2.65. The van der Waals surface area contributed by atoms with Gasteiger partial charge in [-0.1, -0.05) is 26.0 Å². The number of hydrogen-bond donors (Lipinski definition) is 4. The van der Waals surface area contributed by atoms with E-state index in [1.165, 1.54) is 0 Å². The number of thiocarbonyl (C=S) groups is 1. The van der Waals surface area contributed by atoms with Gasteiger partial charge in [0.1, 0.15) is 12.4 Å². The van der Waals surface area contributed by atoms with Crippen molar-refractivity contribution < 1.29 is 23.9 Å². The van der Waals surface area contributed by atoms with Crippen LogP contribution in [0.15, 0.2) is 48.5 Å². The van der Waals surface area contributed by atoms with Crippen LogP contribution in [0.5, 0.6) is 5.75 Å². The zero-order chi connectivity index (χ0) is 24.2. The lowest BCUT2D eigenvalue weighted by atomic mass is 10.1. The molecular weight excluding hydrogens is 444 g/mol. The number of carbonyl (C=O) groups excluding carboxylic acids is 3. The highest BCUT2D eigenvalue weighted by molar-refractivity contribution is 7.80. The second kappa shape index (κ2) is 13.1. The molecule has 2 rings (SSSR count). The summed E-state index contributed by atoms with van der Waals surface area (Å²) in [6.07, 6.45) is 0. The molecule has 0 heterocycles. The second-order valence-corrected chi connectivity index (χ2v) is 7.53. The number of hydrazine groups is 1. The third-order valence-electron chi connectivity index (χ3n) is 4.28. The molecule has 0 aromatic heterocycles. The van der Waals surface area contributed by atoms with Crippen molar-refractivity contribution in [2.75, 3.05) is 25.1 Å². The number of ether oxygens (including phenoxy) is 2. The second-order valence-electron chi connectivity index (χ2n) is 7.13. The standard InChI is InChI=1S/C23H28N4O5S/c1-4-31-13-14-32-19-8-6-5-7-18(19)22(30)25-23(33)27-26-21(29)16-9-11-17(12-10-16)24-20(28)15(2)3/h5-12,15H,4,13-14H2,1-3H3,(H,24,28)(H,26,29)(H2,25,27,30,33). The average Bonchev–Trinajstić information content (AvgIpc) is 2.81. The van der Waals surface area contributed by atoms with Crippen LogP contribution in [0.25, 0.3) is 0 Å². The topological polar surface area (TPSA) is 118 Å². The van der Waals surface area contributed by atoms with E-state index >= 15 is 0 Å². The van der Waals surface area contributed by atoms with Crippen molar-refractivity contribution in [1.82, 2.24) is 16.2 Å². The van der Waals surface area contributed by atoms with Gasteiger partial charge >= 0.3 is 0 Å². The van der Waals surface area contributed by atoms with Crippen LogP contribution in [0.2, 0.25) is 0 Å². The molecule has 10 heteroatoms. The molecule has 0 spiro atoms. The lowest BCUT2D eigenvalue weighted by Crippen LogP contribution is -2.48. The highest BCUT2D eigenvalue weighted by Gasteiger charge is 2.14. The number of amides is 3. The molecule has 0 saturated heterocycles. The van der Waals surface area contributed by atoms with Crippen molar-refractivity contribution in [3.8, 4) is 5.75 Å². The van der Waals surface area contributed by atoms with Crippen molar-refractivity contribution in [1.29, 1.82) is 0 Å². The Morgan fingerprint density at radius 1 is 0.939 bits per heavy atom. The molecule has 0 aliphatic rings. The van der Waals surface area contributed by atoms with Crippen LogP contribution in [0.4, 0.5) is 5.69 Å². The summed E-state index contributed by atoms with van der Waals surface area (Å²) in [7, 11) is 0. The summed E-state index contributed by atoms with van der Waals surface area (Å²) in [4.78, 5) is 36.6. The monoisotopic (exact) mass is 472 g/mol. The lowest BCUT2D eigenvalue weighted by Gasteiger charge is -2.13. The number of anilines is 1. The summed E-state index contributed by atoms with van der Waals surface area (Å²) < 4.78 is 10.8. The lowest BCUT2D eigenvalue weighted by molar-refractivity contribution is -0.118. The third kappa shape index (κ3) is 8.51. The SMILES string of the molecule is CCOCCOc1ccccc1C(=O)NC(=S)NNC(=O)c1ccc(NC(=O)C(C)C)cc1. The van der Waals surface area contributed by atoms with E-state index < -0.39 is 11.8 Å². The fourth-order valence-corrected chi connectivity index (χ4v) is 2.66. The maximum absolute atomic E-state index is 12.6. The molecule has 176 valence electrons. The Balaban J connectivity index is 1.86. The predicted molar refractivity (Wildman–Crippen MR) is 129 cm³/mol. The molecule has 4 N–H and O–H groups in total. The minimum absolute atomic E-state index is 0.0849. The Bertz CT molecular complexity index is 979. The minimum atomic E-state index is -0.487. The molecule has 0 fully saturated rings. The van der Waals surface area contributed by atoms with Gasteiger partial charge in [-0.2, -0.15) is 0 Å². The van der Waals surface area contributed by atoms with Crippen molar-refractivity contribution in [3.63, 3.8) is 0 Å². The van der Waals surface area contributed by atoms with Gasteiger partial charge < -0.3 is 14.8 Å². The van der Waals surface area contributed by atoms with Gasteiger partial charge in [0.15, 0.2) is 5.11 Å². The quantitative estimate of drug-likeness (QED) is 0.252. The molecule has 2 aromatic carbocycles. The average molecular weight is 473 g/mol. The Morgan fingerprint density at radius 3 is 2.30 bits per heavy atom. The van der Waals surface area contributed by atoms with Gasteiger partial charge in [-0.3, -0.25) is 30.6 Å². The number of rotatable bonds is 9. The smallest absolute Gasteiger partial charge is 0.269 e. The first-order valence-electron chi connectivity index (χ1n) is 10.4. The van der Waals surface area contributed by atoms with Crippen molar-refractivity contribution in [2.45, 2.75) is 20.8 Å². The largest absolute Gasteiger partial charge is 0.490 e. The van der Waals surface area contributed by atoms with E-state index in [2.05, 4.69) is 21.5 Å². The van der Waals surface area contributed by atoms with Crippen LogP contribution in [-0.2, 0) is 9.53 Å². The summed E-state index contributed by atoms with van der Waals surface area (Å²) in [5, 5.41) is 5.16. The number of hydrogen-bond acceptors (Lipinski definition) is 6. The zero-order valence-electron chi connectivity index (χ0n) is 18.8. The molecule has 0 radical (unpaired) electrons. The molecule has 3 amide bonds. The molecule has 0 atom stereocenters. The molecule has 9 nitrogen and oxygen atoms in total. The van der Waals surface area contributed by atoms with E-state index in [0.717, 1.165) is 0 Å². The van der Waals surface area contributed by atoms with Gasteiger partial charge in [0.2, 0.25) is 5.91 Å². The summed E-state index contributed by atoms with van der Waals surface area (Å²) in [6.45, 7) is 6.75. The third-order valence-corrected chi connectivity index (χ3v) is 4.48. The Morgan fingerprint density at radius 2 is 1.64 bits per heavy atom. The van der Waals surface area contributed by atoms with Gasteiger partial charge in [-0.25, -0.2) is 0 Å². The first-order valence-corrected chi connectivity index (χ1v) is 10.8. The van der Waals surface area contributed by atoms with Crippen LogP contribution in [0.1, 0.15) is 41.5 Å². The molecule has 0 saturated carbocycles. The maximum atomic E-state index is 12.6.